The van der Waals surface area contributed by atoms with E-state index >= 15 is 0 Å². The predicted octanol–water partition coefficient (Wildman–Crippen LogP) is -4.81. The van der Waals surface area contributed by atoms with E-state index in [1.165, 1.54) is 35.2 Å². The van der Waals surface area contributed by atoms with Crippen LogP contribution >= 0.6 is 19.8 Å². The van der Waals surface area contributed by atoms with Gasteiger partial charge in [-0.1, -0.05) is 0 Å². The summed E-state index contributed by atoms with van der Waals surface area (Å²) in [7, 11) is 3.01. The molecule has 0 saturated heterocycles. The van der Waals surface area contributed by atoms with Crippen molar-refractivity contribution in [3.05, 3.63) is 12.3 Å². The van der Waals surface area contributed by atoms with E-state index in [-0.39, 0.29) is 37.3 Å². The van der Waals surface area contributed by atoms with Gasteiger partial charge in [0.25, 0.3) is 0 Å². The second-order valence-corrected chi connectivity index (χ2v) is 1.51. The van der Waals surface area contributed by atoms with E-state index in [4.69, 9.17) is 9.47 Å². The van der Waals surface area contributed by atoms with Crippen LogP contribution in [0, 0.1) is 6.07 Å². The second-order valence-electron chi connectivity index (χ2n) is 1.51. The number of nitrogens with zero attached hydrogens (tertiary/aromatic N) is 2. The summed E-state index contributed by atoms with van der Waals surface area (Å²) < 4.78 is 9.50. The molecule has 0 radical (unpaired) electrons. The van der Waals surface area contributed by atoms with Gasteiger partial charge in [0.2, 0.25) is 0 Å². The third kappa shape index (κ3) is 8.25. The number of hydrogen-bond acceptors (Lipinski definition) is 4. The molecule has 1 rings (SSSR count). The first kappa shape index (κ1) is 20.3. The Kier molecular flexibility index (Phi) is 20.2. The first-order valence-electron chi connectivity index (χ1n) is 2.96. The van der Waals surface area contributed by atoms with Gasteiger partial charge < -0.3 is 27.9 Å². The van der Waals surface area contributed by atoms with Crippen LogP contribution in [0.2, 0.25) is 0 Å². The van der Waals surface area contributed by atoms with Crippen LogP contribution in [0.1, 0.15) is 0 Å². The molecule has 4 nitrogen and oxygen atoms in total. The van der Waals surface area contributed by atoms with E-state index in [9.17, 15) is 0 Å². The van der Waals surface area contributed by atoms with Crippen molar-refractivity contribution in [1.82, 2.24) is 9.97 Å². The van der Waals surface area contributed by atoms with Crippen molar-refractivity contribution < 1.29 is 55.5 Å². The van der Waals surface area contributed by atoms with Gasteiger partial charge in [0.1, 0.15) is 0 Å². The maximum atomic E-state index is 4.77. The minimum absolute atomic E-state index is 0. The van der Waals surface area contributed by atoms with Crippen molar-refractivity contribution in [3.63, 3.8) is 0 Å². The zero-order valence-electron chi connectivity index (χ0n) is 8.25. The van der Waals surface area contributed by atoms with Crippen molar-refractivity contribution in [2.45, 2.75) is 0 Å². The average molecular weight is 374 g/mol. The van der Waals surface area contributed by atoms with Crippen molar-refractivity contribution >= 4 is 19.8 Å². The van der Waals surface area contributed by atoms with Gasteiger partial charge in [-0.15, -0.1) is 6.20 Å². The molecule has 1 heterocycles. The zero-order chi connectivity index (χ0) is 9.40. The van der Waals surface area contributed by atoms with E-state index in [2.05, 4.69) is 35.8 Å². The Bertz CT molecular complexity index is 215. The Labute approximate surface area is 122 Å². The average Bonchev–Trinajstić information content (AvgIpc) is 2.21. The van der Waals surface area contributed by atoms with Crippen LogP contribution in [0.25, 0.3) is 0 Å². The standard InChI is InChI=1S/C6H7N2O2.ClH.HI.Li.Zn/c1-9-5-3-4-7-6(8-5)10-2;;;;/h4H,1-2H3;2*1H;;/q-1;;;+1;+2/p-2. The molecule has 0 aliphatic carbocycles. The molecule has 8 heteroatoms. The summed E-state index contributed by atoms with van der Waals surface area (Å²) in [6, 6.07) is 2.96. The molecule has 0 bridgehead atoms. The Balaban J connectivity index is -0.000000284. The Morgan fingerprint density at radius 2 is 1.93 bits per heavy atom. The summed E-state index contributed by atoms with van der Waals surface area (Å²) in [5.74, 6) is 0.381. The summed E-state index contributed by atoms with van der Waals surface area (Å²) in [5.41, 5.74) is 0. The maximum absolute atomic E-state index is 4.77. The number of aromatic nitrogens is 2. The third-order valence-corrected chi connectivity index (χ3v) is 0.936. The van der Waals surface area contributed by atoms with Gasteiger partial charge in [-0.2, -0.15) is 4.98 Å². The number of rotatable bonds is 2. The van der Waals surface area contributed by atoms with Crippen LogP contribution in [-0.4, -0.2) is 24.2 Å². The van der Waals surface area contributed by atoms with Crippen molar-refractivity contribution in [2.24, 2.45) is 0 Å². The molecule has 0 N–H and O–H groups in total. The normalized spacial score (nSPS) is 6.93. The summed E-state index contributed by atoms with van der Waals surface area (Å²) in [5, 5.41) is 0. The van der Waals surface area contributed by atoms with Crippen molar-refractivity contribution in [3.8, 4) is 11.9 Å². The summed E-state index contributed by atoms with van der Waals surface area (Å²) in [6.07, 6.45) is 1.45. The van der Waals surface area contributed by atoms with Gasteiger partial charge in [-0.05, 0) is 0 Å². The van der Waals surface area contributed by atoms with Crippen LogP contribution in [0.4, 0.5) is 0 Å². The molecule has 0 spiro atoms. The fourth-order valence-electron chi connectivity index (χ4n) is 0.494. The molecule has 70 valence electrons. The number of halogens is 2. The predicted molar refractivity (Wildman–Crippen MR) is 48.0 cm³/mol. The molecule has 0 aromatic carbocycles. The van der Waals surface area contributed by atoms with Gasteiger partial charge in [0.05, 0.1) is 14.2 Å². The number of ether oxygens (including phenoxy) is 2. The van der Waals surface area contributed by atoms with Crippen LogP contribution in [-0.2, 0) is 14.8 Å². The second kappa shape index (κ2) is 13.9. The molecule has 14 heavy (non-hydrogen) atoms. The molecular formula is C6H7ClILiN2O2Zn. The zero-order valence-corrected chi connectivity index (χ0v) is 14.1. The molecule has 1 aromatic heterocycles. The fraction of sp³-hybridized carbons (Fsp3) is 0.333. The molecule has 0 unspecified atom stereocenters. The van der Waals surface area contributed by atoms with E-state index in [0.29, 0.717) is 5.88 Å². The Morgan fingerprint density at radius 3 is 2.36 bits per heavy atom. The van der Waals surface area contributed by atoms with Gasteiger partial charge >= 0.3 is 59.4 Å². The van der Waals surface area contributed by atoms with Gasteiger partial charge in [0, 0.05) is 5.88 Å². The summed E-state index contributed by atoms with van der Waals surface area (Å²) in [4.78, 5) is 7.54. The molecular weight excluding hydrogens is 367 g/mol. The molecule has 0 fully saturated rings. The molecule has 0 saturated carbocycles. The monoisotopic (exact) mass is 372 g/mol. The molecule has 0 atom stereocenters. The van der Waals surface area contributed by atoms with Crippen molar-refractivity contribution in [1.29, 1.82) is 0 Å². The van der Waals surface area contributed by atoms with Gasteiger partial charge in [0.15, 0.2) is 0 Å². The van der Waals surface area contributed by atoms with Gasteiger partial charge in [-0.25, -0.2) is 4.98 Å². The molecule has 0 aliphatic heterocycles. The van der Waals surface area contributed by atoms with Gasteiger partial charge in [-0.3, -0.25) is 0 Å². The topological polar surface area (TPSA) is 44.2 Å². The first-order chi connectivity index (χ1) is 5.86. The van der Waals surface area contributed by atoms with E-state index in [0.717, 1.165) is 0 Å². The quantitative estimate of drug-likeness (QED) is 0.296. The summed E-state index contributed by atoms with van der Waals surface area (Å²) in [6.45, 7) is 0. The molecule has 0 aliphatic rings. The number of hydrogen-bond donors (Lipinski definition) is 0. The van der Waals surface area contributed by atoms with E-state index < -0.39 is 0 Å². The Hall–Kier alpha value is 0.921. The molecule has 1 aromatic rings. The van der Waals surface area contributed by atoms with Crippen LogP contribution in [0.3, 0.4) is 0 Å². The van der Waals surface area contributed by atoms with Crippen molar-refractivity contribution in [2.75, 3.05) is 14.2 Å². The van der Waals surface area contributed by atoms with Crippen LogP contribution < -0.4 is 40.7 Å². The first-order valence-corrected chi connectivity index (χ1v) is 12.0. The third-order valence-electron chi connectivity index (χ3n) is 0.936. The SMILES string of the molecule is COc1[c-]cnc(OC)n1.[Cl-].[Li+].[Zn+][I]. The van der Waals surface area contributed by atoms with Crippen LogP contribution in [0.15, 0.2) is 6.20 Å². The Morgan fingerprint density at radius 1 is 1.36 bits per heavy atom. The summed E-state index contributed by atoms with van der Waals surface area (Å²) >= 11 is 3.62. The van der Waals surface area contributed by atoms with E-state index in [1.807, 2.05) is 0 Å². The van der Waals surface area contributed by atoms with Crippen LogP contribution in [0.5, 0.6) is 11.9 Å². The molecule has 0 amide bonds. The van der Waals surface area contributed by atoms with E-state index in [1.54, 1.807) is 0 Å². The fourth-order valence-corrected chi connectivity index (χ4v) is 0.494. The number of methoxy groups -OCH3 is 2. The minimum atomic E-state index is 0.